The average molecular weight is 405 g/mol. The van der Waals surface area contributed by atoms with Gasteiger partial charge in [-0.1, -0.05) is 12.1 Å². The van der Waals surface area contributed by atoms with Crippen LogP contribution >= 0.6 is 0 Å². The maximum atomic E-state index is 13.2. The summed E-state index contributed by atoms with van der Waals surface area (Å²) in [4.78, 5) is 19.4. The van der Waals surface area contributed by atoms with Crippen molar-refractivity contribution in [1.82, 2.24) is 9.88 Å². The van der Waals surface area contributed by atoms with Crippen LogP contribution in [0, 0.1) is 0 Å². The molecular formula is C23H23N3O4. The summed E-state index contributed by atoms with van der Waals surface area (Å²) in [6, 6.07) is 16.7. The molecule has 0 fully saturated rings. The normalized spacial score (nSPS) is 15.0. The van der Waals surface area contributed by atoms with Crippen molar-refractivity contribution >= 4 is 11.6 Å². The van der Waals surface area contributed by atoms with E-state index in [-0.39, 0.29) is 5.91 Å². The number of hydrogen-bond donors (Lipinski definition) is 1. The number of ether oxygens (including phenoxy) is 3. The molecule has 4 rings (SSSR count). The van der Waals surface area contributed by atoms with Crippen molar-refractivity contribution in [2.45, 2.75) is 12.7 Å². The van der Waals surface area contributed by atoms with E-state index in [1.165, 1.54) is 0 Å². The van der Waals surface area contributed by atoms with E-state index < -0.39 is 6.17 Å². The predicted molar refractivity (Wildman–Crippen MR) is 113 cm³/mol. The molecule has 154 valence electrons. The molecule has 1 atom stereocenters. The Morgan fingerprint density at radius 3 is 2.40 bits per heavy atom. The number of nitrogens with zero attached hydrogens (tertiary/aromatic N) is 2. The first-order valence-electron chi connectivity index (χ1n) is 9.52. The second kappa shape index (κ2) is 8.32. The minimum atomic E-state index is -0.447. The van der Waals surface area contributed by atoms with Gasteiger partial charge in [0.05, 0.1) is 38.3 Å². The largest absolute Gasteiger partial charge is 0.497 e. The molecule has 1 aliphatic heterocycles. The summed E-state index contributed by atoms with van der Waals surface area (Å²) < 4.78 is 16.1. The van der Waals surface area contributed by atoms with Crippen LogP contribution in [0.2, 0.25) is 0 Å². The van der Waals surface area contributed by atoms with E-state index in [0.717, 1.165) is 11.3 Å². The highest BCUT2D eigenvalue weighted by Gasteiger charge is 2.38. The van der Waals surface area contributed by atoms with Gasteiger partial charge >= 0.3 is 0 Å². The van der Waals surface area contributed by atoms with Crippen molar-refractivity contribution in [3.8, 4) is 17.2 Å². The highest BCUT2D eigenvalue weighted by atomic mass is 16.5. The smallest absolute Gasteiger partial charge is 0.258 e. The lowest BCUT2D eigenvalue weighted by molar-refractivity contribution is 0.0727. The monoisotopic (exact) mass is 405 g/mol. The van der Waals surface area contributed by atoms with E-state index in [1.807, 2.05) is 42.5 Å². The Bertz CT molecular complexity index is 1050. The van der Waals surface area contributed by atoms with Crippen LogP contribution in [-0.2, 0) is 6.54 Å². The van der Waals surface area contributed by atoms with Gasteiger partial charge in [0.2, 0.25) is 0 Å². The Labute approximate surface area is 175 Å². The molecule has 0 spiro atoms. The summed E-state index contributed by atoms with van der Waals surface area (Å²) in [6.45, 7) is 0.420. The first kappa shape index (κ1) is 19.6. The lowest BCUT2D eigenvalue weighted by Gasteiger charge is -2.27. The zero-order valence-corrected chi connectivity index (χ0v) is 17.1. The summed E-state index contributed by atoms with van der Waals surface area (Å²) in [7, 11) is 4.84. The number of fused-ring (bicyclic) bond motifs is 1. The number of rotatable bonds is 7. The first-order valence-corrected chi connectivity index (χ1v) is 9.52. The van der Waals surface area contributed by atoms with Crippen molar-refractivity contribution in [3.05, 3.63) is 77.6 Å². The van der Waals surface area contributed by atoms with Gasteiger partial charge in [-0.15, -0.1) is 0 Å². The Balaban J connectivity index is 1.69. The van der Waals surface area contributed by atoms with Gasteiger partial charge in [-0.25, -0.2) is 0 Å². The average Bonchev–Trinajstić information content (AvgIpc) is 3.05. The zero-order chi connectivity index (χ0) is 21.1. The molecule has 1 amide bonds. The maximum absolute atomic E-state index is 13.2. The van der Waals surface area contributed by atoms with E-state index in [2.05, 4.69) is 10.3 Å². The lowest BCUT2D eigenvalue weighted by Crippen LogP contribution is -2.32. The number of carbonyl (C=O) groups is 1. The highest BCUT2D eigenvalue weighted by molar-refractivity contribution is 5.99. The van der Waals surface area contributed by atoms with Gasteiger partial charge < -0.3 is 24.4 Å². The van der Waals surface area contributed by atoms with Gasteiger partial charge in [0, 0.05) is 18.8 Å². The SMILES string of the molecule is COc1ccc(CN2C(=O)c3cccnc3[C@H]2Nc2cc(OC)ccc2OC)cc1. The molecule has 30 heavy (non-hydrogen) atoms. The van der Waals surface area contributed by atoms with Crippen LogP contribution in [0.3, 0.4) is 0 Å². The van der Waals surface area contributed by atoms with Crippen LogP contribution in [0.5, 0.6) is 17.2 Å². The summed E-state index contributed by atoms with van der Waals surface area (Å²) in [5, 5.41) is 3.43. The number of pyridine rings is 1. The number of anilines is 1. The summed E-state index contributed by atoms with van der Waals surface area (Å²) in [5.74, 6) is 2.03. The van der Waals surface area contributed by atoms with Crippen LogP contribution in [-0.4, -0.2) is 37.1 Å². The molecule has 0 radical (unpaired) electrons. The second-order valence-corrected chi connectivity index (χ2v) is 6.83. The maximum Gasteiger partial charge on any atom is 0.258 e. The van der Waals surface area contributed by atoms with Crippen LogP contribution in [0.1, 0.15) is 27.8 Å². The van der Waals surface area contributed by atoms with Gasteiger partial charge in [0.25, 0.3) is 5.91 Å². The Morgan fingerprint density at radius 1 is 0.967 bits per heavy atom. The fourth-order valence-corrected chi connectivity index (χ4v) is 3.55. The molecule has 0 bridgehead atoms. The molecule has 7 nitrogen and oxygen atoms in total. The van der Waals surface area contributed by atoms with E-state index in [0.29, 0.717) is 35.0 Å². The number of methoxy groups -OCH3 is 3. The third-order valence-corrected chi connectivity index (χ3v) is 5.11. The van der Waals surface area contributed by atoms with Crippen molar-refractivity contribution in [1.29, 1.82) is 0 Å². The fourth-order valence-electron chi connectivity index (χ4n) is 3.55. The quantitative estimate of drug-likeness (QED) is 0.643. The molecule has 2 aromatic carbocycles. The second-order valence-electron chi connectivity index (χ2n) is 6.83. The Kier molecular flexibility index (Phi) is 5.43. The highest BCUT2D eigenvalue weighted by Crippen LogP contribution is 2.38. The van der Waals surface area contributed by atoms with Gasteiger partial charge in [-0.2, -0.15) is 0 Å². The number of carbonyl (C=O) groups excluding carboxylic acids is 1. The van der Waals surface area contributed by atoms with E-state index in [1.54, 1.807) is 44.6 Å². The molecule has 0 saturated heterocycles. The molecule has 0 aliphatic carbocycles. The molecule has 0 saturated carbocycles. The molecule has 3 aromatic rings. The molecule has 1 aliphatic rings. The van der Waals surface area contributed by atoms with E-state index >= 15 is 0 Å². The van der Waals surface area contributed by atoms with E-state index in [4.69, 9.17) is 14.2 Å². The predicted octanol–water partition coefficient (Wildman–Crippen LogP) is 3.87. The number of benzene rings is 2. The van der Waals surface area contributed by atoms with Crippen LogP contribution in [0.15, 0.2) is 60.8 Å². The number of amides is 1. The third kappa shape index (κ3) is 3.61. The van der Waals surface area contributed by atoms with Gasteiger partial charge in [-0.3, -0.25) is 9.78 Å². The Hall–Kier alpha value is -3.74. The van der Waals surface area contributed by atoms with Crippen LogP contribution in [0.4, 0.5) is 5.69 Å². The third-order valence-electron chi connectivity index (χ3n) is 5.11. The van der Waals surface area contributed by atoms with Gasteiger partial charge in [0.15, 0.2) is 0 Å². The summed E-state index contributed by atoms with van der Waals surface area (Å²) in [5.41, 5.74) is 2.97. The van der Waals surface area contributed by atoms with E-state index in [9.17, 15) is 4.79 Å². The van der Waals surface area contributed by atoms with Crippen molar-refractivity contribution < 1.29 is 19.0 Å². The minimum Gasteiger partial charge on any atom is -0.497 e. The van der Waals surface area contributed by atoms with Crippen molar-refractivity contribution in [2.24, 2.45) is 0 Å². The summed E-state index contributed by atoms with van der Waals surface area (Å²) >= 11 is 0. The molecule has 0 unspecified atom stereocenters. The van der Waals surface area contributed by atoms with Crippen molar-refractivity contribution in [3.63, 3.8) is 0 Å². The fraction of sp³-hybridized carbons (Fsp3) is 0.217. The Morgan fingerprint density at radius 2 is 1.70 bits per heavy atom. The molecule has 1 aromatic heterocycles. The van der Waals surface area contributed by atoms with Gasteiger partial charge in [0.1, 0.15) is 23.4 Å². The van der Waals surface area contributed by atoms with Gasteiger partial charge in [-0.05, 0) is 42.0 Å². The van der Waals surface area contributed by atoms with Crippen LogP contribution < -0.4 is 19.5 Å². The molecular weight excluding hydrogens is 382 g/mol. The number of nitrogens with one attached hydrogen (secondary N) is 1. The molecule has 1 N–H and O–H groups in total. The number of hydrogen-bond acceptors (Lipinski definition) is 6. The minimum absolute atomic E-state index is 0.0757. The topological polar surface area (TPSA) is 72.9 Å². The summed E-state index contributed by atoms with van der Waals surface area (Å²) in [6.07, 6.45) is 1.25. The molecule has 7 heteroatoms. The van der Waals surface area contributed by atoms with Crippen molar-refractivity contribution in [2.75, 3.05) is 26.6 Å². The van der Waals surface area contributed by atoms with Crippen LogP contribution in [0.25, 0.3) is 0 Å². The molecule has 2 heterocycles. The standard InChI is InChI=1S/C23H23N3O4/c1-28-16-8-6-15(7-9-16)14-26-22(21-18(23(26)27)5-4-12-24-21)25-19-13-17(29-2)10-11-20(19)30-3/h4-13,22,25H,14H2,1-3H3/t22-/m0/s1. The number of aromatic nitrogens is 1. The first-order chi connectivity index (χ1) is 14.6. The zero-order valence-electron chi connectivity index (χ0n) is 17.1. The lowest BCUT2D eigenvalue weighted by atomic mass is 10.2.